The van der Waals surface area contributed by atoms with Gasteiger partial charge in [-0.3, -0.25) is 4.68 Å². The van der Waals surface area contributed by atoms with E-state index in [0.29, 0.717) is 0 Å². The second-order valence-corrected chi connectivity index (χ2v) is 10.9. The van der Waals surface area contributed by atoms with Crippen LogP contribution in [0.2, 0.25) is 20.9 Å². The van der Waals surface area contributed by atoms with E-state index in [1.807, 2.05) is 29.3 Å². The van der Waals surface area contributed by atoms with Crippen molar-refractivity contribution in [3.63, 3.8) is 0 Å². The number of hydrogen-bond donors (Lipinski definition) is 1. The van der Waals surface area contributed by atoms with Gasteiger partial charge in [0.15, 0.2) is 0 Å². The van der Waals surface area contributed by atoms with E-state index in [2.05, 4.69) is 88.9 Å². The highest BCUT2D eigenvalue weighted by molar-refractivity contribution is 6.68. The molecule has 3 aromatic rings. The molecule has 1 saturated carbocycles. The minimum absolute atomic E-state index is 0.0448. The molecule has 0 aliphatic heterocycles. The summed E-state index contributed by atoms with van der Waals surface area (Å²) < 4.78 is 1.85. The second-order valence-electron chi connectivity index (χ2n) is 10.9. The van der Waals surface area contributed by atoms with Crippen LogP contribution < -0.4 is 0 Å². The van der Waals surface area contributed by atoms with E-state index >= 15 is 0 Å². The van der Waals surface area contributed by atoms with E-state index in [1.54, 1.807) is 6.33 Å². The summed E-state index contributed by atoms with van der Waals surface area (Å²) in [6.45, 7) is 0. The lowest BCUT2D eigenvalue weighted by atomic mass is 9.17. The number of fused-ring (bicyclic) bond motifs is 1. The Hall–Kier alpha value is -2.16. The number of hydrogen-bond acceptors (Lipinski definition) is 4. The average molecular weight is 387 g/mol. The molecule has 1 aliphatic rings. The number of nitrogens with one attached hydrogen (secondary N) is 1. The van der Waals surface area contributed by atoms with Crippen molar-refractivity contribution in [2.24, 2.45) is 5.92 Å². The van der Waals surface area contributed by atoms with Gasteiger partial charge in [-0.25, -0.2) is 9.97 Å². The van der Waals surface area contributed by atoms with Gasteiger partial charge < -0.3 is 4.98 Å². The zero-order valence-electron chi connectivity index (χ0n) is 19.3. The Bertz CT molecular complexity index is 1130. The normalized spacial score (nSPS) is 22.5. The average Bonchev–Trinajstić information content (AvgIpc) is 3.34. The van der Waals surface area contributed by atoms with Gasteiger partial charge in [0.25, 0.3) is 0 Å². The first-order valence-corrected chi connectivity index (χ1v) is 10.6. The number of rotatable bonds is 3. The monoisotopic (exact) mass is 388 g/mol. The van der Waals surface area contributed by atoms with E-state index in [4.69, 9.17) is 0 Å². The zero-order valence-corrected chi connectivity index (χ0v) is 19.3. The number of H-pyrrole nitrogens is 1. The van der Waals surface area contributed by atoms with E-state index < -0.39 is 0 Å². The van der Waals surface area contributed by atoms with E-state index in [1.165, 1.54) is 0 Å². The third-order valence-electron chi connectivity index (χ3n) is 9.30. The number of aromatic nitrogens is 5. The summed E-state index contributed by atoms with van der Waals surface area (Å²) in [5.74, 6) is 0.130. The van der Waals surface area contributed by atoms with Crippen LogP contribution in [0, 0.1) is 17.2 Å². The maximum atomic E-state index is 10.3. The van der Waals surface area contributed by atoms with Gasteiger partial charge in [0.2, 0.25) is 0 Å². The van der Waals surface area contributed by atoms with Crippen molar-refractivity contribution in [2.75, 3.05) is 0 Å². The van der Waals surface area contributed by atoms with Crippen molar-refractivity contribution in [1.82, 2.24) is 24.7 Å². The minimum Gasteiger partial charge on any atom is -0.346 e. The molecule has 1 fully saturated rings. The van der Waals surface area contributed by atoms with Crippen molar-refractivity contribution < 1.29 is 0 Å². The standard InChI is InChI=1S/C16H24B8N6/c17-13(18)11(14(19,20)16(23,24)15(13,21)22)9(3-25)30-5-7(4-29-30)10-8-1-2-26-12(8)28-6-27-10/h1-2,4-6,9,11H,17-24H2,(H,26,27,28). The fourth-order valence-corrected chi connectivity index (χ4v) is 6.08. The smallest absolute Gasteiger partial charge is 0.141 e. The molecule has 0 saturated heterocycles. The molecule has 0 spiro atoms. The maximum absolute atomic E-state index is 10.3. The lowest BCUT2D eigenvalue weighted by molar-refractivity contribution is 0.339. The number of aromatic amines is 1. The summed E-state index contributed by atoms with van der Waals surface area (Å²) in [6, 6.07) is 4.21. The predicted octanol–water partition coefficient (Wildman–Crippen LogP) is -4.95. The highest BCUT2D eigenvalue weighted by Gasteiger charge is 2.67. The summed E-state index contributed by atoms with van der Waals surface area (Å²) in [6.07, 6.45) is 7.19. The third-order valence-corrected chi connectivity index (χ3v) is 9.30. The minimum atomic E-state index is -0.367. The van der Waals surface area contributed by atoms with E-state index in [9.17, 15) is 5.26 Å². The fraction of sp³-hybridized carbons (Fsp3) is 0.375. The molecule has 0 bridgehead atoms. The van der Waals surface area contributed by atoms with Crippen LogP contribution in [0.1, 0.15) is 6.04 Å². The van der Waals surface area contributed by atoms with Gasteiger partial charge in [-0.05, 0) is 12.0 Å². The molecule has 14 heteroatoms. The second kappa shape index (κ2) is 6.42. The highest BCUT2D eigenvalue weighted by Crippen LogP contribution is 2.80. The fourth-order valence-electron chi connectivity index (χ4n) is 6.08. The topological polar surface area (TPSA) is 83.2 Å². The third kappa shape index (κ3) is 2.50. The van der Waals surface area contributed by atoms with Crippen LogP contribution in [-0.4, -0.2) is 87.5 Å². The van der Waals surface area contributed by atoms with Crippen LogP contribution in [0.5, 0.6) is 0 Å². The summed E-state index contributed by atoms with van der Waals surface area (Å²) in [4.78, 5) is 11.9. The number of nitriles is 1. The summed E-state index contributed by atoms with van der Waals surface area (Å²) in [7, 11) is 18.7. The Morgan fingerprint density at radius 3 is 2.27 bits per heavy atom. The first-order valence-electron chi connectivity index (χ1n) is 10.6. The van der Waals surface area contributed by atoms with Crippen molar-refractivity contribution in [3.8, 4) is 17.3 Å². The molecule has 1 atom stereocenters. The lowest BCUT2D eigenvalue weighted by Gasteiger charge is -2.49. The van der Waals surface area contributed by atoms with Crippen molar-refractivity contribution >= 4 is 73.8 Å². The van der Waals surface area contributed by atoms with Crippen LogP contribution in [0.25, 0.3) is 22.3 Å². The Kier molecular flexibility index (Phi) is 4.51. The van der Waals surface area contributed by atoms with Crippen LogP contribution >= 0.6 is 0 Å². The largest absolute Gasteiger partial charge is 0.346 e. The highest BCUT2D eigenvalue weighted by atomic mass is 15.3. The van der Waals surface area contributed by atoms with Crippen LogP contribution in [0.4, 0.5) is 0 Å². The van der Waals surface area contributed by atoms with Crippen molar-refractivity contribution in [2.45, 2.75) is 26.9 Å². The van der Waals surface area contributed by atoms with Crippen LogP contribution in [0.3, 0.4) is 0 Å². The van der Waals surface area contributed by atoms with E-state index in [-0.39, 0.29) is 32.8 Å². The SMILES string of the molecule is BC1(B)C(C(C#N)n2cc(-c3ncnc4[nH]ccc34)cn2)C(B)(B)C(B)(B)C1(B)B. The molecule has 6 nitrogen and oxygen atoms in total. The molecule has 30 heavy (non-hydrogen) atoms. The predicted molar refractivity (Wildman–Crippen MR) is 142 cm³/mol. The molecule has 1 unspecified atom stereocenters. The van der Waals surface area contributed by atoms with Crippen molar-refractivity contribution in [1.29, 1.82) is 5.26 Å². The summed E-state index contributed by atoms with van der Waals surface area (Å²) >= 11 is 0. The first kappa shape index (κ1) is 21.1. The van der Waals surface area contributed by atoms with Gasteiger partial charge in [-0.2, -0.15) is 10.4 Å². The van der Waals surface area contributed by atoms with Crippen molar-refractivity contribution in [3.05, 3.63) is 31.0 Å². The Balaban J connectivity index is 1.81. The molecular formula is C16H24B8N6. The zero-order chi connectivity index (χ0) is 22.1. The van der Waals surface area contributed by atoms with Gasteiger partial charge in [0, 0.05) is 23.3 Å². The molecule has 0 radical (unpaired) electrons. The first-order chi connectivity index (χ1) is 13.9. The van der Waals surface area contributed by atoms with Gasteiger partial charge in [0.1, 0.15) is 18.0 Å². The molecule has 4 rings (SSSR count). The molecular weight excluding hydrogens is 363 g/mol. The van der Waals surface area contributed by atoms with Gasteiger partial charge in [0.05, 0.1) is 80.7 Å². The Morgan fingerprint density at radius 2 is 1.67 bits per heavy atom. The molecule has 3 aromatic heterocycles. The van der Waals surface area contributed by atoms with Gasteiger partial charge in [-0.1, -0.05) is 10.4 Å². The van der Waals surface area contributed by atoms with Crippen LogP contribution in [0.15, 0.2) is 31.0 Å². The van der Waals surface area contributed by atoms with Gasteiger partial charge >= 0.3 is 0 Å². The molecule has 0 aromatic carbocycles. The van der Waals surface area contributed by atoms with E-state index in [0.717, 1.165) is 22.3 Å². The summed E-state index contributed by atoms with van der Waals surface area (Å²) in [5, 5.41) is 15.9. The molecule has 0 amide bonds. The molecule has 142 valence electrons. The Labute approximate surface area is 185 Å². The Morgan fingerprint density at radius 1 is 1.03 bits per heavy atom. The molecule has 1 aliphatic carbocycles. The van der Waals surface area contributed by atoms with Crippen LogP contribution in [-0.2, 0) is 0 Å². The lowest BCUT2D eigenvalue weighted by Crippen LogP contribution is -2.39. The molecule has 3 heterocycles. The quantitative estimate of drug-likeness (QED) is 0.457. The number of nitrogens with zero attached hydrogens (tertiary/aromatic N) is 5. The summed E-state index contributed by atoms with van der Waals surface area (Å²) in [5.41, 5.74) is 2.52. The van der Waals surface area contributed by atoms with Gasteiger partial charge in [-0.15, -0.1) is 10.4 Å². The maximum Gasteiger partial charge on any atom is 0.141 e. The molecule has 1 N–H and O–H groups in total.